The van der Waals surface area contributed by atoms with Crippen molar-refractivity contribution in [2.24, 2.45) is 5.92 Å². The first-order chi connectivity index (χ1) is 14.1. The summed E-state index contributed by atoms with van der Waals surface area (Å²) in [5, 5.41) is 1.09. The lowest BCUT2D eigenvalue weighted by Gasteiger charge is -2.33. The van der Waals surface area contributed by atoms with Crippen molar-refractivity contribution in [3.05, 3.63) is 71.2 Å². The number of nitrogens with zero attached hydrogens (tertiary/aromatic N) is 1. The van der Waals surface area contributed by atoms with Gasteiger partial charge < -0.3 is 9.88 Å². The van der Waals surface area contributed by atoms with Crippen LogP contribution in [0.5, 0.6) is 0 Å². The fraction of sp³-hybridized carbons (Fsp3) is 0.400. The van der Waals surface area contributed by atoms with E-state index >= 15 is 0 Å². The predicted molar refractivity (Wildman–Crippen MR) is 114 cm³/mol. The van der Waals surface area contributed by atoms with Gasteiger partial charge >= 0.3 is 0 Å². The zero-order valence-corrected chi connectivity index (χ0v) is 16.7. The summed E-state index contributed by atoms with van der Waals surface area (Å²) in [7, 11) is 0. The van der Waals surface area contributed by atoms with Crippen molar-refractivity contribution in [2.45, 2.75) is 38.0 Å². The largest absolute Gasteiger partial charge is 0.352 e. The third-order valence-corrected chi connectivity index (χ3v) is 6.39. The standard InChI is InChI=1S/C25H27FN2O/c26-22-5-1-3-18(11-22)12-25(29)24-14-21-13-19(8-9-23(21)27-24)20-4-2-10-28(16-20)15-17-6-7-17/h1,3,5,8-9,11,13-14,17,20,27H,2,4,6-7,10,12,15-16H2. The number of benzene rings is 2. The monoisotopic (exact) mass is 390 g/mol. The first kappa shape index (κ1) is 18.6. The van der Waals surface area contributed by atoms with E-state index in [9.17, 15) is 9.18 Å². The van der Waals surface area contributed by atoms with E-state index in [1.807, 2.05) is 6.07 Å². The topological polar surface area (TPSA) is 36.1 Å². The number of H-pyrrole nitrogens is 1. The first-order valence-corrected chi connectivity index (χ1v) is 10.8. The number of rotatable bonds is 6. The second-order valence-electron chi connectivity index (χ2n) is 8.80. The first-order valence-electron chi connectivity index (χ1n) is 10.8. The van der Waals surface area contributed by atoms with Crippen molar-refractivity contribution in [3.8, 4) is 0 Å². The smallest absolute Gasteiger partial charge is 0.183 e. The second-order valence-corrected chi connectivity index (χ2v) is 8.80. The average Bonchev–Trinajstić information content (AvgIpc) is 3.42. The Morgan fingerprint density at radius 3 is 2.83 bits per heavy atom. The third kappa shape index (κ3) is 4.27. The van der Waals surface area contributed by atoms with Gasteiger partial charge in [0.05, 0.1) is 5.69 Å². The number of likely N-dealkylation sites (tertiary alicyclic amines) is 1. The number of aromatic nitrogens is 1. The van der Waals surface area contributed by atoms with Gasteiger partial charge in [-0.05, 0) is 85.5 Å². The number of nitrogens with one attached hydrogen (secondary N) is 1. The Morgan fingerprint density at radius 1 is 1.10 bits per heavy atom. The molecule has 4 heteroatoms. The summed E-state index contributed by atoms with van der Waals surface area (Å²) in [6.07, 6.45) is 5.52. The molecule has 5 rings (SSSR count). The van der Waals surface area contributed by atoms with Crippen LogP contribution in [0.3, 0.4) is 0 Å². The van der Waals surface area contributed by atoms with E-state index in [1.165, 1.54) is 56.5 Å². The lowest BCUT2D eigenvalue weighted by atomic mass is 9.90. The van der Waals surface area contributed by atoms with Crippen LogP contribution in [-0.2, 0) is 6.42 Å². The summed E-state index contributed by atoms with van der Waals surface area (Å²) < 4.78 is 13.4. The molecule has 0 amide bonds. The van der Waals surface area contributed by atoms with Gasteiger partial charge in [0.1, 0.15) is 5.82 Å². The number of hydrogen-bond acceptors (Lipinski definition) is 2. The van der Waals surface area contributed by atoms with E-state index in [0.29, 0.717) is 17.2 Å². The van der Waals surface area contributed by atoms with Gasteiger partial charge in [0.15, 0.2) is 5.78 Å². The SMILES string of the molecule is O=C(Cc1cccc(F)c1)c1cc2cc(C3CCCN(CC4CC4)C3)ccc2[nH]1. The number of piperidine rings is 1. The number of ketones is 1. The Labute approximate surface area is 170 Å². The maximum atomic E-state index is 13.4. The maximum Gasteiger partial charge on any atom is 0.183 e. The molecule has 1 saturated heterocycles. The molecule has 2 aromatic carbocycles. The molecule has 0 bridgehead atoms. The summed E-state index contributed by atoms with van der Waals surface area (Å²) in [5.74, 6) is 1.20. The van der Waals surface area contributed by atoms with Gasteiger partial charge in [0, 0.05) is 30.4 Å². The molecule has 0 radical (unpaired) electrons. The number of halogens is 1. The van der Waals surface area contributed by atoms with Crippen LogP contribution in [0.15, 0.2) is 48.5 Å². The molecule has 1 N–H and O–H groups in total. The summed E-state index contributed by atoms with van der Waals surface area (Å²) in [6.45, 7) is 3.65. The molecule has 1 aliphatic carbocycles. The third-order valence-electron chi connectivity index (χ3n) is 6.39. The molecule has 2 aliphatic rings. The summed E-state index contributed by atoms with van der Waals surface area (Å²) in [6, 6.07) is 14.8. The quantitative estimate of drug-likeness (QED) is 0.578. The molecule has 2 heterocycles. The normalized spacial score (nSPS) is 20.2. The van der Waals surface area contributed by atoms with Crippen LogP contribution in [0.25, 0.3) is 10.9 Å². The van der Waals surface area contributed by atoms with Crippen molar-refractivity contribution in [1.82, 2.24) is 9.88 Å². The Kier molecular flexibility index (Phi) is 4.96. The minimum absolute atomic E-state index is 0.0124. The second kappa shape index (κ2) is 7.75. The highest BCUT2D eigenvalue weighted by Gasteiger charge is 2.28. The number of carbonyl (C=O) groups is 1. The van der Waals surface area contributed by atoms with E-state index in [1.54, 1.807) is 12.1 Å². The summed E-state index contributed by atoms with van der Waals surface area (Å²) >= 11 is 0. The zero-order chi connectivity index (χ0) is 19.8. The molecule has 1 atom stereocenters. The minimum Gasteiger partial charge on any atom is -0.352 e. The Bertz CT molecular complexity index is 1040. The molecule has 29 heavy (non-hydrogen) atoms. The zero-order valence-electron chi connectivity index (χ0n) is 16.7. The highest BCUT2D eigenvalue weighted by Crippen LogP contribution is 2.34. The molecular formula is C25H27FN2O. The van der Waals surface area contributed by atoms with E-state index in [2.05, 4.69) is 28.1 Å². The lowest BCUT2D eigenvalue weighted by Crippen LogP contribution is -2.35. The van der Waals surface area contributed by atoms with Gasteiger partial charge in [-0.3, -0.25) is 4.79 Å². The molecule has 3 nitrogen and oxygen atoms in total. The van der Waals surface area contributed by atoms with Crippen molar-refractivity contribution >= 4 is 16.7 Å². The van der Waals surface area contributed by atoms with Gasteiger partial charge in [-0.25, -0.2) is 4.39 Å². The molecule has 1 unspecified atom stereocenters. The number of carbonyl (C=O) groups excluding carboxylic acids is 1. The van der Waals surface area contributed by atoms with E-state index in [-0.39, 0.29) is 18.0 Å². The molecule has 1 saturated carbocycles. The highest BCUT2D eigenvalue weighted by atomic mass is 19.1. The maximum absolute atomic E-state index is 13.4. The van der Waals surface area contributed by atoms with Crippen molar-refractivity contribution in [1.29, 1.82) is 0 Å². The van der Waals surface area contributed by atoms with Gasteiger partial charge in [-0.15, -0.1) is 0 Å². The Morgan fingerprint density at radius 2 is 2.00 bits per heavy atom. The number of Topliss-reactive ketones (excluding diaryl/α,β-unsaturated/α-hetero) is 1. The van der Waals surface area contributed by atoms with Crippen LogP contribution in [0.1, 0.15) is 53.2 Å². The number of hydrogen-bond donors (Lipinski definition) is 1. The molecule has 2 fully saturated rings. The summed E-state index contributed by atoms with van der Waals surface area (Å²) in [4.78, 5) is 18.6. The van der Waals surface area contributed by atoms with E-state index in [0.717, 1.165) is 23.4 Å². The van der Waals surface area contributed by atoms with Gasteiger partial charge in [-0.1, -0.05) is 18.2 Å². The fourth-order valence-corrected chi connectivity index (χ4v) is 4.64. The van der Waals surface area contributed by atoms with Crippen LogP contribution in [0, 0.1) is 11.7 Å². The van der Waals surface area contributed by atoms with Crippen LogP contribution < -0.4 is 0 Å². The molecular weight excluding hydrogens is 363 g/mol. The Hall–Kier alpha value is -2.46. The summed E-state index contributed by atoms with van der Waals surface area (Å²) in [5.41, 5.74) is 3.66. The lowest BCUT2D eigenvalue weighted by molar-refractivity contribution is 0.0989. The molecule has 3 aromatic rings. The van der Waals surface area contributed by atoms with Gasteiger partial charge in [-0.2, -0.15) is 0 Å². The van der Waals surface area contributed by atoms with Crippen LogP contribution >= 0.6 is 0 Å². The van der Waals surface area contributed by atoms with Crippen LogP contribution in [0.2, 0.25) is 0 Å². The number of fused-ring (bicyclic) bond motifs is 1. The molecule has 150 valence electrons. The van der Waals surface area contributed by atoms with Crippen molar-refractivity contribution in [3.63, 3.8) is 0 Å². The average molecular weight is 391 g/mol. The van der Waals surface area contributed by atoms with Crippen LogP contribution in [-0.4, -0.2) is 35.3 Å². The minimum atomic E-state index is -0.306. The van der Waals surface area contributed by atoms with E-state index < -0.39 is 0 Å². The van der Waals surface area contributed by atoms with Crippen LogP contribution in [0.4, 0.5) is 4.39 Å². The highest BCUT2D eigenvalue weighted by molar-refractivity contribution is 6.00. The number of aromatic amines is 1. The van der Waals surface area contributed by atoms with Gasteiger partial charge in [0.25, 0.3) is 0 Å². The predicted octanol–water partition coefficient (Wildman–Crippen LogP) is 5.32. The Balaban J connectivity index is 1.32. The fourth-order valence-electron chi connectivity index (χ4n) is 4.64. The molecule has 1 aromatic heterocycles. The van der Waals surface area contributed by atoms with Crippen molar-refractivity contribution < 1.29 is 9.18 Å². The van der Waals surface area contributed by atoms with E-state index in [4.69, 9.17) is 0 Å². The molecule has 0 spiro atoms. The molecule has 1 aliphatic heterocycles. The van der Waals surface area contributed by atoms with Gasteiger partial charge in [0.2, 0.25) is 0 Å². The van der Waals surface area contributed by atoms with Crippen molar-refractivity contribution in [2.75, 3.05) is 19.6 Å².